The number of carbonyl (C=O) groups excluding carboxylic acids is 1. The highest BCUT2D eigenvalue weighted by molar-refractivity contribution is 5.92. The van der Waals surface area contributed by atoms with E-state index in [-0.39, 0.29) is 22.6 Å². The fourth-order valence-electron chi connectivity index (χ4n) is 1.73. The summed E-state index contributed by atoms with van der Waals surface area (Å²) in [6.07, 6.45) is 0.857. The van der Waals surface area contributed by atoms with E-state index >= 15 is 0 Å². The molecule has 0 radical (unpaired) electrons. The van der Waals surface area contributed by atoms with Crippen molar-refractivity contribution in [3.05, 3.63) is 28.2 Å². The van der Waals surface area contributed by atoms with Crippen LogP contribution in [-0.2, 0) is 0 Å². The summed E-state index contributed by atoms with van der Waals surface area (Å²) in [5.41, 5.74) is 5.49. The summed E-state index contributed by atoms with van der Waals surface area (Å²) in [5.74, 6) is -0.181. The zero-order valence-electron chi connectivity index (χ0n) is 11.8. The summed E-state index contributed by atoms with van der Waals surface area (Å²) in [7, 11) is 0. The Hall–Kier alpha value is -1.69. The van der Waals surface area contributed by atoms with Gasteiger partial charge in [0.15, 0.2) is 0 Å². The Morgan fingerprint density at radius 2 is 2.16 bits per heavy atom. The maximum Gasteiger partial charge on any atom is 0.274 e. The number of amides is 1. The van der Waals surface area contributed by atoms with Crippen LogP contribution in [0.25, 0.3) is 0 Å². The summed E-state index contributed by atoms with van der Waals surface area (Å²) in [6, 6.07) is 2.75. The van der Waals surface area contributed by atoms with Crippen LogP contribution in [0, 0.1) is 5.41 Å². The summed E-state index contributed by atoms with van der Waals surface area (Å²) in [4.78, 5) is 25.0. The third-order valence-electron chi connectivity index (χ3n) is 2.85. The van der Waals surface area contributed by atoms with E-state index in [1.54, 1.807) is 4.90 Å². The number of H-pyrrole nitrogens is 1. The maximum absolute atomic E-state index is 12.3. The Labute approximate surface area is 113 Å². The molecule has 6 nitrogen and oxygen atoms in total. The number of hydrogen-bond donors (Lipinski definition) is 2. The molecule has 0 fully saturated rings. The Balaban J connectivity index is 2.89. The zero-order valence-corrected chi connectivity index (χ0v) is 11.8. The van der Waals surface area contributed by atoms with Gasteiger partial charge in [0, 0.05) is 19.2 Å². The SMILES string of the molecule is CCCN(CC(C)(C)CN)C(=O)c1ccc(=O)[nH]n1. The largest absolute Gasteiger partial charge is 0.337 e. The van der Waals surface area contributed by atoms with Gasteiger partial charge in [-0.15, -0.1) is 0 Å². The minimum absolute atomic E-state index is 0.146. The third kappa shape index (κ3) is 4.48. The van der Waals surface area contributed by atoms with Crippen LogP contribution in [0.2, 0.25) is 0 Å². The van der Waals surface area contributed by atoms with Crippen molar-refractivity contribution < 1.29 is 4.79 Å². The number of nitrogens with zero attached hydrogens (tertiary/aromatic N) is 2. The number of hydrogen-bond acceptors (Lipinski definition) is 4. The molecule has 106 valence electrons. The minimum atomic E-state index is -0.319. The smallest absolute Gasteiger partial charge is 0.274 e. The normalized spacial score (nSPS) is 11.4. The standard InChI is InChI=1S/C13H22N4O2/c1-4-7-17(9-13(2,3)8-14)12(19)10-5-6-11(18)16-15-10/h5-6H,4,7-9,14H2,1-3H3,(H,16,18). The average molecular weight is 266 g/mol. The molecule has 3 N–H and O–H groups in total. The molecule has 0 aliphatic carbocycles. The Morgan fingerprint density at radius 1 is 1.47 bits per heavy atom. The van der Waals surface area contributed by atoms with E-state index in [0.717, 1.165) is 6.42 Å². The van der Waals surface area contributed by atoms with Gasteiger partial charge < -0.3 is 10.6 Å². The molecule has 1 heterocycles. The molecule has 0 aliphatic rings. The quantitative estimate of drug-likeness (QED) is 0.789. The van der Waals surface area contributed by atoms with Gasteiger partial charge >= 0.3 is 0 Å². The second-order valence-electron chi connectivity index (χ2n) is 5.40. The molecule has 6 heteroatoms. The molecule has 0 bridgehead atoms. The number of nitrogens with two attached hydrogens (primary N) is 1. The van der Waals surface area contributed by atoms with Gasteiger partial charge in [0.2, 0.25) is 0 Å². The van der Waals surface area contributed by atoms with Crippen LogP contribution in [-0.4, -0.2) is 40.6 Å². The molecular weight excluding hydrogens is 244 g/mol. The monoisotopic (exact) mass is 266 g/mol. The zero-order chi connectivity index (χ0) is 14.5. The van der Waals surface area contributed by atoms with E-state index in [1.807, 2.05) is 20.8 Å². The lowest BCUT2D eigenvalue weighted by atomic mass is 9.93. The van der Waals surface area contributed by atoms with Crippen LogP contribution >= 0.6 is 0 Å². The van der Waals surface area contributed by atoms with Crippen LogP contribution in [0.4, 0.5) is 0 Å². The number of rotatable bonds is 6. The van der Waals surface area contributed by atoms with Gasteiger partial charge in [-0.25, -0.2) is 5.10 Å². The van der Waals surface area contributed by atoms with Crippen molar-refractivity contribution in [1.82, 2.24) is 15.1 Å². The Kier molecular flexibility index (Phi) is 5.23. The lowest BCUT2D eigenvalue weighted by Crippen LogP contribution is -2.42. The molecule has 1 aromatic heterocycles. The van der Waals surface area contributed by atoms with E-state index in [2.05, 4.69) is 10.2 Å². The van der Waals surface area contributed by atoms with E-state index < -0.39 is 0 Å². The topological polar surface area (TPSA) is 92.1 Å². The first kappa shape index (κ1) is 15.4. The number of carbonyl (C=O) groups is 1. The van der Waals surface area contributed by atoms with Crippen molar-refractivity contribution >= 4 is 5.91 Å². The van der Waals surface area contributed by atoms with Gasteiger partial charge in [-0.05, 0) is 24.4 Å². The molecule has 0 aliphatic heterocycles. The number of nitrogens with one attached hydrogen (secondary N) is 1. The van der Waals surface area contributed by atoms with Crippen LogP contribution in [0.15, 0.2) is 16.9 Å². The van der Waals surface area contributed by atoms with E-state index in [4.69, 9.17) is 5.73 Å². The molecule has 0 saturated heterocycles. The highest BCUT2D eigenvalue weighted by Gasteiger charge is 2.24. The van der Waals surface area contributed by atoms with Crippen molar-refractivity contribution in [3.8, 4) is 0 Å². The van der Waals surface area contributed by atoms with Gasteiger partial charge in [-0.1, -0.05) is 20.8 Å². The first-order valence-corrected chi connectivity index (χ1v) is 6.44. The lowest BCUT2D eigenvalue weighted by molar-refractivity contribution is 0.0682. The molecule has 19 heavy (non-hydrogen) atoms. The van der Waals surface area contributed by atoms with Crippen molar-refractivity contribution in [2.24, 2.45) is 11.1 Å². The molecular formula is C13H22N4O2. The Morgan fingerprint density at radius 3 is 2.63 bits per heavy atom. The van der Waals surface area contributed by atoms with Gasteiger partial charge in [0.1, 0.15) is 5.69 Å². The van der Waals surface area contributed by atoms with Crippen LogP contribution < -0.4 is 11.3 Å². The van der Waals surface area contributed by atoms with E-state index in [1.165, 1.54) is 12.1 Å². The molecule has 1 aromatic rings. The Bertz CT molecular complexity index is 461. The summed E-state index contributed by atoms with van der Waals surface area (Å²) in [5, 5.41) is 6.05. The van der Waals surface area contributed by atoms with Crippen molar-refractivity contribution in [1.29, 1.82) is 0 Å². The van der Waals surface area contributed by atoms with Crippen LogP contribution in [0.3, 0.4) is 0 Å². The lowest BCUT2D eigenvalue weighted by Gasteiger charge is -2.31. The fourth-order valence-corrected chi connectivity index (χ4v) is 1.73. The summed E-state index contributed by atoms with van der Waals surface area (Å²) < 4.78 is 0. The van der Waals surface area contributed by atoms with Gasteiger partial charge in [-0.2, -0.15) is 5.10 Å². The van der Waals surface area contributed by atoms with Crippen molar-refractivity contribution in [3.63, 3.8) is 0 Å². The van der Waals surface area contributed by atoms with Gasteiger partial charge in [0.05, 0.1) is 0 Å². The molecule has 0 spiro atoms. The molecule has 1 rings (SSSR count). The molecule has 0 saturated carbocycles. The predicted octanol–water partition coefficient (Wildman–Crippen LogP) is 0.607. The molecule has 0 atom stereocenters. The average Bonchev–Trinajstić information content (AvgIpc) is 2.38. The minimum Gasteiger partial charge on any atom is -0.337 e. The van der Waals surface area contributed by atoms with E-state index in [9.17, 15) is 9.59 Å². The second-order valence-corrected chi connectivity index (χ2v) is 5.40. The highest BCUT2D eigenvalue weighted by Crippen LogP contribution is 2.16. The molecule has 0 aromatic carbocycles. The van der Waals surface area contributed by atoms with Crippen molar-refractivity contribution in [2.75, 3.05) is 19.6 Å². The third-order valence-corrected chi connectivity index (χ3v) is 2.85. The van der Waals surface area contributed by atoms with E-state index in [0.29, 0.717) is 19.6 Å². The first-order chi connectivity index (χ1) is 8.89. The number of aromatic amines is 1. The second kappa shape index (κ2) is 6.47. The van der Waals surface area contributed by atoms with Gasteiger partial charge in [0.25, 0.3) is 11.5 Å². The van der Waals surface area contributed by atoms with Gasteiger partial charge in [-0.3, -0.25) is 9.59 Å². The first-order valence-electron chi connectivity index (χ1n) is 6.44. The van der Waals surface area contributed by atoms with Crippen molar-refractivity contribution in [2.45, 2.75) is 27.2 Å². The summed E-state index contributed by atoms with van der Waals surface area (Å²) >= 11 is 0. The number of aromatic nitrogens is 2. The fraction of sp³-hybridized carbons (Fsp3) is 0.615. The maximum atomic E-state index is 12.3. The molecule has 1 amide bonds. The van der Waals surface area contributed by atoms with Crippen LogP contribution in [0.1, 0.15) is 37.7 Å². The molecule has 0 unspecified atom stereocenters. The summed E-state index contributed by atoms with van der Waals surface area (Å²) in [6.45, 7) is 7.75. The highest BCUT2D eigenvalue weighted by atomic mass is 16.2. The van der Waals surface area contributed by atoms with Crippen LogP contribution in [0.5, 0.6) is 0 Å². The predicted molar refractivity (Wildman–Crippen MR) is 73.9 cm³/mol.